The SMILES string of the molecule is CC(=O)N[C@H]1[C@@H]2OC[C@@H](O2)[C@@H](O)[C@@H]1O[C@H](C)C(=O)N[C@@H](C)C(=O)OC(C)OC(=O)N(C)CC(=O)OCc1ccccc1. The molecule has 1 aromatic carbocycles. The van der Waals surface area contributed by atoms with Gasteiger partial charge in [0.05, 0.1) is 6.61 Å². The normalized spacial score (nSPS) is 24.9. The molecular weight excluding hydrogens is 558 g/mol. The Bertz CT molecular complexity index is 1120. The van der Waals surface area contributed by atoms with E-state index in [-0.39, 0.29) is 13.2 Å². The third-order valence-corrected chi connectivity index (χ3v) is 6.38. The van der Waals surface area contributed by atoms with E-state index in [2.05, 4.69) is 10.6 Å². The molecule has 2 aliphatic rings. The maximum Gasteiger partial charge on any atom is 0.413 e. The van der Waals surface area contributed by atoms with Gasteiger partial charge in [-0.15, -0.1) is 0 Å². The predicted octanol–water partition coefficient (Wildman–Crippen LogP) is -0.413. The molecule has 3 rings (SSSR count). The molecule has 0 spiro atoms. The summed E-state index contributed by atoms with van der Waals surface area (Å²) in [6.07, 6.45) is -7.16. The maximum absolute atomic E-state index is 12.7. The first-order valence-corrected chi connectivity index (χ1v) is 13.4. The summed E-state index contributed by atoms with van der Waals surface area (Å²) in [5.41, 5.74) is 0.788. The first kappa shape index (κ1) is 32.7. The van der Waals surface area contributed by atoms with Gasteiger partial charge in [0, 0.05) is 20.9 Å². The molecule has 3 N–H and O–H groups in total. The van der Waals surface area contributed by atoms with Gasteiger partial charge in [0.25, 0.3) is 0 Å². The number of amides is 3. The molecule has 2 saturated heterocycles. The molecule has 2 heterocycles. The van der Waals surface area contributed by atoms with Crippen molar-refractivity contribution >= 4 is 29.8 Å². The molecule has 0 aliphatic carbocycles. The van der Waals surface area contributed by atoms with Crippen molar-refractivity contribution in [2.24, 2.45) is 0 Å². The van der Waals surface area contributed by atoms with Crippen LogP contribution in [0.15, 0.2) is 30.3 Å². The monoisotopic (exact) mass is 595 g/mol. The summed E-state index contributed by atoms with van der Waals surface area (Å²) >= 11 is 0. The van der Waals surface area contributed by atoms with E-state index in [1.165, 1.54) is 34.7 Å². The summed E-state index contributed by atoms with van der Waals surface area (Å²) in [5, 5.41) is 15.7. The van der Waals surface area contributed by atoms with Crippen LogP contribution in [0.25, 0.3) is 0 Å². The zero-order valence-electron chi connectivity index (χ0n) is 24.0. The number of nitrogens with zero attached hydrogens (tertiary/aromatic N) is 1. The molecule has 0 radical (unpaired) electrons. The number of likely N-dealkylation sites (N-methyl/N-ethyl adjacent to an activating group) is 1. The largest absolute Gasteiger partial charge is 0.459 e. The molecular formula is C27H37N3O12. The summed E-state index contributed by atoms with van der Waals surface area (Å²) in [5.74, 6) is -2.68. The Kier molecular flexibility index (Phi) is 11.6. The molecule has 2 aliphatic heterocycles. The maximum atomic E-state index is 12.7. The Hall–Kier alpha value is -3.79. The minimum Gasteiger partial charge on any atom is -0.459 e. The lowest BCUT2D eigenvalue weighted by atomic mass is 9.98. The molecule has 15 nitrogen and oxygen atoms in total. The van der Waals surface area contributed by atoms with Crippen LogP contribution in [-0.4, -0.2) is 109 Å². The van der Waals surface area contributed by atoms with Gasteiger partial charge in [-0.05, 0) is 19.4 Å². The van der Waals surface area contributed by atoms with Crippen LogP contribution in [0.2, 0.25) is 0 Å². The average molecular weight is 596 g/mol. The minimum absolute atomic E-state index is 0.0465. The van der Waals surface area contributed by atoms with Crippen LogP contribution < -0.4 is 10.6 Å². The lowest BCUT2D eigenvalue weighted by Gasteiger charge is -2.39. The standard InChI is InChI=1S/C27H37N3O12/c1-14(28-24(34)15(2)39-23-21(29-16(3)31)26-38-13-19(42-26)22(23)33)25(35)40-17(4)41-27(36)30(5)11-20(32)37-12-18-9-7-6-8-10-18/h6-10,14-15,17,19,21-23,26,33H,11-13H2,1-5H3,(H,28,34)(H,29,31)/t14-,15+,17?,19+,21+,22+,23+,26+/m0/s1. The molecule has 0 aromatic heterocycles. The molecule has 42 heavy (non-hydrogen) atoms. The summed E-state index contributed by atoms with van der Waals surface area (Å²) < 4.78 is 32.0. The molecule has 1 aromatic rings. The van der Waals surface area contributed by atoms with E-state index in [1.54, 1.807) is 24.3 Å². The van der Waals surface area contributed by atoms with Crippen molar-refractivity contribution in [3.05, 3.63) is 35.9 Å². The Morgan fingerprint density at radius 2 is 1.79 bits per heavy atom. The highest BCUT2D eigenvalue weighted by Crippen LogP contribution is 2.30. The number of nitrogens with one attached hydrogen (secondary N) is 2. The zero-order valence-corrected chi connectivity index (χ0v) is 24.0. The van der Waals surface area contributed by atoms with Crippen molar-refractivity contribution in [3.63, 3.8) is 0 Å². The number of carbonyl (C=O) groups excluding carboxylic acids is 5. The van der Waals surface area contributed by atoms with E-state index in [4.69, 9.17) is 28.4 Å². The summed E-state index contributed by atoms with van der Waals surface area (Å²) in [6, 6.07) is 6.98. The van der Waals surface area contributed by atoms with E-state index in [9.17, 15) is 29.1 Å². The highest BCUT2D eigenvalue weighted by atomic mass is 16.7. The van der Waals surface area contributed by atoms with Crippen LogP contribution in [0.1, 0.15) is 33.3 Å². The quantitative estimate of drug-likeness (QED) is 0.210. The van der Waals surface area contributed by atoms with Gasteiger partial charge in [0.2, 0.25) is 18.1 Å². The van der Waals surface area contributed by atoms with Crippen LogP contribution in [0.5, 0.6) is 0 Å². The van der Waals surface area contributed by atoms with Gasteiger partial charge in [-0.2, -0.15) is 0 Å². The number of aliphatic hydroxyl groups excluding tert-OH is 1. The van der Waals surface area contributed by atoms with Gasteiger partial charge in [0.15, 0.2) is 6.29 Å². The molecule has 2 bridgehead atoms. The number of hydrogen-bond acceptors (Lipinski definition) is 12. The lowest BCUT2D eigenvalue weighted by molar-refractivity contribution is -0.210. The van der Waals surface area contributed by atoms with Crippen LogP contribution in [-0.2, 0) is 54.2 Å². The van der Waals surface area contributed by atoms with Gasteiger partial charge < -0.3 is 49.1 Å². The van der Waals surface area contributed by atoms with Crippen molar-refractivity contribution in [1.82, 2.24) is 15.5 Å². The number of ether oxygens (including phenoxy) is 6. The van der Waals surface area contributed by atoms with Gasteiger partial charge in [0.1, 0.15) is 49.7 Å². The van der Waals surface area contributed by atoms with Gasteiger partial charge in [-0.3, -0.25) is 14.4 Å². The van der Waals surface area contributed by atoms with E-state index < -0.39 is 85.5 Å². The Morgan fingerprint density at radius 3 is 2.45 bits per heavy atom. The zero-order chi connectivity index (χ0) is 31.0. The first-order valence-electron chi connectivity index (χ1n) is 13.4. The third kappa shape index (κ3) is 9.11. The number of esters is 2. The molecule has 3 amide bonds. The highest BCUT2D eigenvalue weighted by molar-refractivity contribution is 5.86. The second-order valence-corrected chi connectivity index (χ2v) is 9.96. The summed E-state index contributed by atoms with van der Waals surface area (Å²) in [6.45, 7) is 5.10. The third-order valence-electron chi connectivity index (χ3n) is 6.38. The van der Waals surface area contributed by atoms with Crippen LogP contribution >= 0.6 is 0 Å². The Balaban J connectivity index is 1.42. The lowest BCUT2D eigenvalue weighted by Crippen LogP contribution is -2.62. The first-order chi connectivity index (χ1) is 19.8. The Morgan fingerprint density at radius 1 is 1.10 bits per heavy atom. The number of carbonyl (C=O) groups is 5. The highest BCUT2D eigenvalue weighted by Gasteiger charge is 2.52. The van der Waals surface area contributed by atoms with Crippen molar-refractivity contribution in [1.29, 1.82) is 0 Å². The molecule has 0 saturated carbocycles. The molecule has 1 unspecified atom stereocenters. The van der Waals surface area contributed by atoms with E-state index >= 15 is 0 Å². The van der Waals surface area contributed by atoms with Gasteiger partial charge in [-0.25, -0.2) is 9.59 Å². The fraction of sp³-hybridized carbons (Fsp3) is 0.593. The van der Waals surface area contributed by atoms with E-state index in [0.29, 0.717) is 0 Å². The Labute approximate surface area is 242 Å². The number of aliphatic hydroxyl groups is 1. The van der Waals surface area contributed by atoms with Crippen molar-refractivity contribution in [2.75, 3.05) is 20.2 Å². The number of benzene rings is 1. The van der Waals surface area contributed by atoms with E-state index in [0.717, 1.165) is 10.5 Å². The second-order valence-electron chi connectivity index (χ2n) is 9.96. The number of rotatable bonds is 12. The summed E-state index contributed by atoms with van der Waals surface area (Å²) in [4.78, 5) is 62.2. The van der Waals surface area contributed by atoms with E-state index in [1.807, 2.05) is 6.07 Å². The van der Waals surface area contributed by atoms with Crippen molar-refractivity contribution in [2.45, 2.75) is 83.4 Å². The fourth-order valence-corrected chi connectivity index (χ4v) is 4.19. The summed E-state index contributed by atoms with van der Waals surface area (Å²) in [7, 11) is 1.31. The topological polar surface area (TPSA) is 188 Å². The average Bonchev–Trinajstić information content (AvgIpc) is 3.39. The van der Waals surface area contributed by atoms with Crippen LogP contribution in [0, 0.1) is 0 Å². The van der Waals surface area contributed by atoms with Gasteiger partial charge >= 0.3 is 18.0 Å². The van der Waals surface area contributed by atoms with Crippen molar-refractivity contribution < 1.29 is 57.5 Å². The van der Waals surface area contributed by atoms with Gasteiger partial charge in [-0.1, -0.05) is 30.3 Å². The fourth-order valence-electron chi connectivity index (χ4n) is 4.19. The molecule has 8 atom stereocenters. The van der Waals surface area contributed by atoms with Crippen molar-refractivity contribution in [3.8, 4) is 0 Å². The minimum atomic E-state index is -1.34. The molecule has 15 heteroatoms. The second kappa shape index (κ2) is 14.9. The molecule has 232 valence electrons. The smallest absolute Gasteiger partial charge is 0.413 e. The number of hydrogen-bond donors (Lipinski definition) is 3. The molecule has 2 fully saturated rings. The predicted molar refractivity (Wildman–Crippen MR) is 141 cm³/mol. The van der Waals surface area contributed by atoms with Crippen LogP contribution in [0.4, 0.5) is 4.79 Å². The number of fused-ring (bicyclic) bond motifs is 2. The van der Waals surface area contributed by atoms with Crippen LogP contribution in [0.3, 0.4) is 0 Å².